The molecule has 0 bridgehead atoms. The monoisotopic (exact) mass is 265 g/mol. The second-order valence-corrected chi connectivity index (χ2v) is 4.15. The van der Waals surface area contributed by atoms with E-state index in [1.165, 1.54) is 5.56 Å². The third kappa shape index (κ3) is 2.59. The molecule has 0 unspecified atom stereocenters. The summed E-state index contributed by atoms with van der Waals surface area (Å²) in [6.07, 6.45) is 3.90. The molecule has 3 nitrogen and oxygen atoms in total. The van der Waals surface area contributed by atoms with Crippen LogP contribution in [0.4, 0.5) is 5.69 Å². The first-order chi connectivity index (χ1) is 7.25. The van der Waals surface area contributed by atoms with E-state index in [0.717, 1.165) is 22.5 Å². The largest absolute Gasteiger partial charge is 0.379 e. The van der Waals surface area contributed by atoms with Gasteiger partial charge in [-0.15, -0.1) is 0 Å². The molecule has 0 aliphatic carbocycles. The number of rotatable bonds is 3. The van der Waals surface area contributed by atoms with Crippen LogP contribution in [0.1, 0.15) is 11.3 Å². The van der Waals surface area contributed by atoms with Gasteiger partial charge in [0.1, 0.15) is 4.60 Å². The van der Waals surface area contributed by atoms with Crippen molar-refractivity contribution >= 4 is 21.6 Å². The summed E-state index contributed by atoms with van der Waals surface area (Å²) in [7, 11) is 0. The molecular weight excluding hydrogens is 254 g/mol. The first-order valence-corrected chi connectivity index (χ1v) is 5.54. The van der Waals surface area contributed by atoms with Gasteiger partial charge in [0, 0.05) is 18.9 Å². The van der Waals surface area contributed by atoms with Crippen LogP contribution < -0.4 is 5.32 Å². The molecule has 0 saturated carbocycles. The summed E-state index contributed by atoms with van der Waals surface area (Å²) in [4.78, 5) is 7.35. The van der Waals surface area contributed by atoms with Crippen molar-refractivity contribution in [3.05, 3.63) is 46.5 Å². The van der Waals surface area contributed by atoms with Gasteiger partial charge in [0.25, 0.3) is 0 Å². The number of aryl methyl sites for hydroxylation is 1. The number of pyridine rings is 1. The SMILES string of the molecule is Cc1nc(Br)ccc1NCc1cc[nH]c1. The van der Waals surface area contributed by atoms with Crippen molar-refractivity contribution in [2.24, 2.45) is 0 Å². The molecule has 2 rings (SSSR count). The summed E-state index contributed by atoms with van der Waals surface area (Å²) in [6, 6.07) is 6.01. The zero-order chi connectivity index (χ0) is 10.7. The van der Waals surface area contributed by atoms with Crippen LogP contribution in [0.3, 0.4) is 0 Å². The van der Waals surface area contributed by atoms with E-state index in [9.17, 15) is 0 Å². The Kier molecular flexibility index (Phi) is 3.06. The zero-order valence-corrected chi connectivity index (χ0v) is 10.0. The number of halogens is 1. The Balaban J connectivity index is 2.05. The molecule has 2 heterocycles. The fourth-order valence-corrected chi connectivity index (χ4v) is 1.78. The predicted molar refractivity (Wildman–Crippen MR) is 64.8 cm³/mol. The number of nitrogens with zero attached hydrogens (tertiary/aromatic N) is 1. The number of hydrogen-bond acceptors (Lipinski definition) is 2. The number of aromatic amines is 1. The zero-order valence-electron chi connectivity index (χ0n) is 8.42. The molecular formula is C11H12BrN3. The smallest absolute Gasteiger partial charge is 0.106 e. The number of hydrogen-bond donors (Lipinski definition) is 2. The highest BCUT2D eigenvalue weighted by Gasteiger charge is 2.00. The maximum Gasteiger partial charge on any atom is 0.106 e. The lowest BCUT2D eigenvalue weighted by Crippen LogP contribution is -2.01. The lowest BCUT2D eigenvalue weighted by molar-refractivity contribution is 1.10. The van der Waals surface area contributed by atoms with E-state index in [4.69, 9.17) is 0 Å². The average molecular weight is 266 g/mol. The van der Waals surface area contributed by atoms with Crippen LogP contribution in [-0.4, -0.2) is 9.97 Å². The standard InChI is InChI=1S/C11H12BrN3/c1-8-10(2-3-11(12)15-8)14-7-9-4-5-13-6-9/h2-6,13-14H,7H2,1H3. The van der Waals surface area contributed by atoms with Crippen molar-refractivity contribution in [3.63, 3.8) is 0 Å². The minimum absolute atomic E-state index is 0.813. The highest BCUT2D eigenvalue weighted by atomic mass is 79.9. The molecule has 4 heteroatoms. The van der Waals surface area contributed by atoms with Crippen LogP contribution in [0.15, 0.2) is 35.2 Å². The molecule has 0 fully saturated rings. The van der Waals surface area contributed by atoms with Crippen LogP contribution in [0.25, 0.3) is 0 Å². The van der Waals surface area contributed by atoms with Gasteiger partial charge in [0.2, 0.25) is 0 Å². The Morgan fingerprint density at radius 2 is 2.27 bits per heavy atom. The van der Waals surface area contributed by atoms with Crippen molar-refractivity contribution in [1.82, 2.24) is 9.97 Å². The van der Waals surface area contributed by atoms with Gasteiger partial charge in [-0.25, -0.2) is 4.98 Å². The quantitative estimate of drug-likeness (QED) is 0.838. The predicted octanol–water partition coefficient (Wildman–Crippen LogP) is 3.09. The fraction of sp³-hybridized carbons (Fsp3) is 0.182. The van der Waals surface area contributed by atoms with Crippen molar-refractivity contribution in [2.45, 2.75) is 13.5 Å². The maximum atomic E-state index is 4.32. The average Bonchev–Trinajstić information content (AvgIpc) is 2.69. The van der Waals surface area contributed by atoms with E-state index in [-0.39, 0.29) is 0 Å². The molecule has 2 aromatic heterocycles. The van der Waals surface area contributed by atoms with E-state index in [1.54, 1.807) is 0 Å². The molecule has 78 valence electrons. The lowest BCUT2D eigenvalue weighted by Gasteiger charge is -2.07. The molecule has 0 saturated heterocycles. The van der Waals surface area contributed by atoms with Crippen molar-refractivity contribution in [1.29, 1.82) is 0 Å². The second kappa shape index (κ2) is 4.49. The Morgan fingerprint density at radius 1 is 1.40 bits per heavy atom. The Morgan fingerprint density at radius 3 is 2.93 bits per heavy atom. The highest BCUT2D eigenvalue weighted by molar-refractivity contribution is 9.10. The summed E-state index contributed by atoms with van der Waals surface area (Å²) in [5.41, 5.74) is 3.30. The van der Waals surface area contributed by atoms with Gasteiger partial charge < -0.3 is 10.3 Å². The summed E-state index contributed by atoms with van der Waals surface area (Å²) in [5.74, 6) is 0. The van der Waals surface area contributed by atoms with Crippen molar-refractivity contribution < 1.29 is 0 Å². The van der Waals surface area contributed by atoms with Gasteiger partial charge >= 0.3 is 0 Å². The van der Waals surface area contributed by atoms with Gasteiger partial charge in [-0.1, -0.05) is 0 Å². The summed E-state index contributed by atoms with van der Waals surface area (Å²) in [6.45, 7) is 2.80. The Bertz CT molecular complexity index is 437. The summed E-state index contributed by atoms with van der Waals surface area (Å²) in [5, 5.41) is 3.34. The lowest BCUT2D eigenvalue weighted by atomic mass is 10.3. The van der Waals surface area contributed by atoms with Gasteiger partial charge in [-0.2, -0.15) is 0 Å². The van der Waals surface area contributed by atoms with E-state index in [1.807, 2.05) is 31.5 Å². The molecule has 0 aromatic carbocycles. The van der Waals surface area contributed by atoms with Crippen LogP contribution in [0.5, 0.6) is 0 Å². The summed E-state index contributed by atoms with van der Waals surface area (Å²) >= 11 is 3.34. The topological polar surface area (TPSA) is 40.7 Å². The van der Waals surface area contributed by atoms with Crippen LogP contribution in [0, 0.1) is 6.92 Å². The Hall–Kier alpha value is -1.29. The van der Waals surface area contributed by atoms with E-state index >= 15 is 0 Å². The van der Waals surface area contributed by atoms with Crippen LogP contribution >= 0.6 is 15.9 Å². The normalized spacial score (nSPS) is 10.3. The van der Waals surface area contributed by atoms with Gasteiger partial charge in [0.15, 0.2) is 0 Å². The molecule has 0 amide bonds. The van der Waals surface area contributed by atoms with Gasteiger partial charge in [-0.05, 0) is 46.6 Å². The van der Waals surface area contributed by atoms with E-state index in [2.05, 4.69) is 37.3 Å². The number of aromatic nitrogens is 2. The third-order valence-electron chi connectivity index (χ3n) is 2.20. The van der Waals surface area contributed by atoms with E-state index < -0.39 is 0 Å². The molecule has 0 aliphatic heterocycles. The molecule has 0 atom stereocenters. The minimum Gasteiger partial charge on any atom is -0.379 e. The summed E-state index contributed by atoms with van der Waals surface area (Å²) < 4.78 is 0.868. The minimum atomic E-state index is 0.813. The number of anilines is 1. The van der Waals surface area contributed by atoms with Crippen molar-refractivity contribution in [3.8, 4) is 0 Å². The van der Waals surface area contributed by atoms with Crippen LogP contribution in [0.2, 0.25) is 0 Å². The molecule has 2 aromatic rings. The molecule has 0 aliphatic rings. The second-order valence-electron chi connectivity index (χ2n) is 3.34. The molecule has 15 heavy (non-hydrogen) atoms. The van der Waals surface area contributed by atoms with E-state index in [0.29, 0.717) is 0 Å². The highest BCUT2D eigenvalue weighted by Crippen LogP contribution is 2.16. The maximum absolute atomic E-state index is 4.32. The van der Waals surface area contributed by atoms with Crippen molar-refractivity contribution in [2.75, 3.05) is 5.32 Å². The molecule has 0 spiro atoms. The number of H-pyrrole nitrogens is 1. The molecule has 2 N–H and O–H groups in total. The van der Waals surface area contributed by atoms with Crippen LogP contribution in [-0.2, 0) is 6.54 Å². The fourth-order valence-electron chi connectivity index (χ4n) is 1.38. The number of nitrogens with one attached hydrogen (secondary N) is 2. The molecule has 0 radical (unpaired) electrons. The third-order valence-corrected chi connectivity index (χ3v) is 2.64. The van der Waals surface area contributed by atoms with Gasteiger partial charge in [-0.3, -0.25) is 0 Å². The first kappa shape index (κ1) is 10.2. The van der Waals surface area contributed by atoms with Gasteiger partial charge in [0.05, 0.1) is 11.4 Å². The Labute approximate surface area is 97.1 Å². The first-order valence-electron chi connectivity index (χ1n) is 4.74.